The van der Waals surface area contributed by atoms with E-state index in [4.69, 9.17) is 16.3 Å². The first-order chi connectivity index (χ1) is 9.60. The van der Waals surface area contributed by atoms with E-state index in [1.165, 1.54) is 6.07 Å². The molecule has 2 unspecified atom stereocenters. The molecule has 1 heterocycles. The smallest absolute Gasteiger partial charge is 0.407 e. The van der Waals surface area contributed by atoms with Crippen LogP contribution in [0.25, 0.3) is 0 Å². The third-order valence-corrected chi connectivity index (χ3v) is 2.84. The highest BCUT2D eigenvalue weighted by Gasteiger charge is 2.23. The Bertz CT molecular complexity index is 502. The van der Waals surface area contributed by atoms with Crippen molar-refractivity contribution in [1.82, 2.24) is 10.3 Å². The highest BCUT2D eigenvalue weighted by Crippen LogP contribution is 2.21. The normalized spacial score (nSPS) is 14.4. The van der Waals surface area contributed by atoms with Crippen molar-refractivity contribution in [2.75, 3.05) is 6.54 Å². The minimum Gasteiger partial charge on any atom is -0.444 e. The maximum absolute atomic E-state index is 11.5. The van der Waals surface area contributed by atoms with Gasteiger partial charge in [0.2, 0.25) is 0 Å². The number of aryl methyl sites for hydroxylation is 1. The summed E-state index contributed by atoms with van der Waals surface area (Å²) < 4.78 is 5.04. The number of carbonyl (C=O) groups excluding carboxylic acids is 1. The predicted octanol–water partition coefficient (Wildman–Crippen LogP) is 1.96. The first kappa shape index (κ1) is 17.7. The Morgan fingerprint density at radius 3 is 2.57 bits per heavy atom. The summed E-state index contributed by atoms with van der Waals surface area (Å²) in [5, 5.41) is 22.7. The Morgan fingerprint density at radius 1 is 1.43 bits per heavy atom. The molecule has 1 aromatic rings. The monoisotopic (exact) mass is 316 g/mol. The molecule has 0 saturated heterocycles. The quantitative estimate of drug-likeness (QED) is 0.739. The van der Waals surface area contributed by atoms with E-state index in [1.54, 1.807) is 33.8 Å². The number of halogens is 1. The number of aromatic nitrogens is 1. The number of nitrogens with zero attached hydrogens (tertiary/aromatic N) is 1. The van der Waals surface area contributed by atoms with Crippen molar-refractivity contribution in [2.45, 2.75) is 45.5 Å². The van der Waals surface area contributed by atoms with E-state index in [1.807, 2.05) is 0 Å². The summed E-state index contributed by atoms with van der Waals surface area (Å²) in [4.78, 5) is 15.5. The molecule has 0 aromatic carbocycles. The molecule has 6 nitrogen and oxygen atoms in total. The van der Waals surface area contributed by atoms with Gasteiger partial charge in [-0.3, -0.25) is 0 Å². The zero-order chi connectivity index (χ0) is 16.2. The second-order valence-electron chi connectivity index (χ2n) is 5.70. The van der Waals surface area contributed by atoms with Crippen molar-refractivity contribution in [1.29, 1.82) is 0 Å². The molecule has 7 heteroatoms. The lowest BCUT2D eigenvalue weighted by Crippen LogP contribution is -2.39. The molecular formula is C14H21ClN2O4. The summed E-state index contributed by atoms with van der Waals surface area (Å²) in [5.41, 5.74) is 0.355. The van der Waals surface area contributed by atoms with Crippen LogP contribution in [0, 0.1) is 6.92 Å². The van der Waals surface area contributed by atoms with Gasteiger partial charge in [0.05, 0.1) is 0 Å². The number of hydrogen-bond acceptors (Lipinski definition) is 5. The van der Waals surface area contributed by atoms with Crippen LogP contribution < -0.4 is 5.32 Å². The average Bonchev–Trinajstić information content (AvgIpc) is 2.33. The van der Waals surface area contributed by atoms with Crippen LogP contribution in [0.3, 0.4) is 0 Å². The Hall–Kier alpha value is -1.37. The lowest BCUT2D eigenvalue weighted by Gasteiger charge is -2.22. The Morgan fingerprint density at radius 2 is 2.05 bits per heavy atom. The highest BCUT2D eigenvalue weighted by molar-refractivity contribution is 6.29. The van der Waals surface area contributed by atoms with E-state index in [0.717, 1.165) is 0 Å². The number of hydrogen-bond donors (Lipinski definition) is 3. The summed E-state index contributed by atoms with van der Waals surface area (Å²) in [7, 11) is 0. The van der Waals surface area contributed by atoms with E-state index in [9.17, 15) is 15.0 Å². The molecule has 0 fully saturated rings. The number of amides is 1. The largest absolute Gasteiger partial charge is 0.444 e. The van der Waals surface area contributed by atoms with Gasteiger partial charge in [0.1, 0.15) is 23.0 Å². The van der Waals surface area contributed by atoms with Gasteiger partial charge in [0.15, 0.2) is 0 Å². The number of aliphatic hydroxyl groups excluding tert-OH is 2. The van der Waals surface area contributed by atoms with Gasteiger partial charge in [0.25, 0.3) is 0 Å². The minimum atomic E-state index is -1.18. The molecule has 1 amide bonds. The third kappa shape index (κ3) is 5.87. The molecule has 0 bridgehead atoms. The Kier molecular flexibility index (Phi) is 5.95. The van der Waals surface area contributed by atoms with Crippen LogP contribution in [0.2, 0.25) is 5.15 Å². The van der Waals surface area contributed by atoms with E-state index in [-0.39, 0.29) is 6.54 Å². The van der Waals surface area contributed by atoms with Crippen LogP contribution in [0.15, 0.2) is 12.1 Å². The molecule has 0 radical (unpaired) electrons. The van der Waals surface area contributed by atoms with E-state index in [2.05, 4.69) is 10.3 Å². The fourth-order valence-electron chi connectivity index (χ4n) is 1.67. The van der Waals surface area contributed by atoms with Crippen LogP contribution in [-0.2, 0) is 4.74 Å². The predicted molar refractivity (Wildman–Crippen MR) is 79.2 cm³/mol. The number of aliphatic hydroxyl groups is 2. The van der Waals surface area contributed by atoms with Crippen molar-refractivity contribution in [3.05, 3.63) is 28.5 Å². The van der Waals surface area contributed by atoms with Gasteiger partial charge in [-0.05, 0) is 33.8 Å². The van der Waals surface area contributed by atoms with Crippen LogP contribution >= 0.6 is 11.6 Å². The van der Waals surface area contributed by atoms with Gasteiger partial charge in [0, 0.05) is 17.8 Å². The van der Waals surface area contributed by atoms with Crippen LogP contribution in [0.4, 0.5) is 4.79 Å². The molecular weight excluding hydrogens is 296 g/mol. The lowest BCUT2D eigenvalue weighted by atomic mass is 10.0. The first-order valence-corrected chi connectivity index (χ1v) is 6.94. The van der Waals surface area contributed by atoms with Gasteiger partial charge in [-0.25, -0.2) is 9.78 Å². The van der Waals surface area contributed by atoms with Gasteiger partial charge in [-0.2, -0.15) is 0 Å². The highest BCUT2D eigenvalue weighted by atomic mass is 35.5. The number of ether oxygens (including phenoxy) is 1. The number of rotatable bonds is 4. The van der Waals surface area contributed by atoms with Crippen molar-refractivity contribution >= 4 is 17.7 Å². The van der Waals surface area contributed by atoms with Crippen molar-refractivity contribution < 1.29 is 19.7 Å². The van der Waals surface area contributed by atoms with E-state index >= 15 is 0 Å². The number of nitrogens with one attached hydrogen (secondary N) is 1. The zero-order valence-electron chi connectivity index (χ0n) is 12.6. The summed E-state index contributed by atoms with van der Waals surface area (Å²) in [6.45, 7) is 6.75. The molecule has 0 aliphatic heterocycles. The van der Waals surface area contributed by atoms with E-state index in [0.29, 0.717) is 16.4 Å². The Balaban J connectivity index is 2.59. The zero-order valence-corrected chi connectivity index (χ0v) is 13.3. The van der Waals surface area contributed by atoms with Crippen molar-refractivity contribution in [3.8, 4) is 0 Å². The molecule has 3 N–H and O–H groups in total. The van der Waals surface area contributed by atoms with Crippen molar-refractivity contribution in [3.63, 3.8) is 0 Å². The molecule has 0 saturated carbocycles. The third-order valence-electron chi connectivity index (χ3n) is 2.63. The SMILES string of the molecule is Cc1nc(Cl)ccc1C(O)C(O)CNC(=O)OC(C)(C)C. The summed E-state index contributed by atoms with van der Waals surface area (Å²) >= 11 is 5.74. The standard InChI is InChI=1S/C14H21ClN2O4/c1-8-9(5-6-11(15)17-8)12(19)10(18)7-16-13(20)21-14(2,3)4/h5-6,10,12,18-19H,7H2,1-4H3,(H,16,20). The topological polar surface area (TPSA) is 91.7 Å². The van der Waals surface area contributed by atoms with Crippen LogP contribution in [0.1, 0.15) is 38.1 Å². The second kappa shape index (κ2) is 7.06. The summed E-state index contributed by atoms with van der Waals surface area (Å²) in [6.07, 6.45) is -3.01. The maximum atomic E-state index is 11.5. The molecule has 118 valence electrons. The molecule has 1 aromatic heterocycles. The van der Waals surface area contributed by atoms with Crippen molar-refractivity contribution in [2.24, 2.45) is 0 Å². The lowest BCUT2D eigenvalue weighted by molar-refractivity contribution is 0.0125. The van der Waals surface area contributed by atoms with Gasteiger partial charge in [-0.15, -0.1) is 0 Å². The summed E-state index contributed by atoms with van der Waals surface area (Å²) in [6, 6.07) is 3.12. The molecule has 0 spiro atoms. The van der Waals surface area contributed by atoms with Crippen LogP contribution in [0.5, 0.6) is 0 Å². The molecule has 0 aliphatic carbocycles. The fourth-order valence-corrected chi connectivity index (χ4v) is 1.86. The molecule has 21 heavy (non-hydrogen) atoms. The van der Waals surface area contributed by atoms with Crippen LogP contribution in [-0.4, -0.2) is 39.5 Å². The van der Waals surface area contributed by atoms with Gasteiger partial charge >= 0.3 is 6.09 Å². The molecule has 0 aliphatic rings. The fraction of sp³-hybridized carbons (Fsp3) is 0.571. The maximum Gasteiger partial charge on any atom is 0.407 e. The number of carbonyl (C=O) groups is 1. The van der Waals surface area contributed by atoms with E-state index < -0.39 is 23.9 Å². The second-order valence-corrected chi connectivity index (χ2v) is 6.09. The number of alkyl carbamates (subject to hydrolysis) is 1. The average molecular weight is 317 g/mol. The molecule has 2 atom stereocenters. The Labute approximate surface area is 129 Å². The summed E-state index contributed by atoms with van der Waals surface area (Å²) in [5.74, 6) is 0. The number of pyridine rings is 1. The minimum absolute atomic E-state index is 0.141. The van der Waals surface area contributed by atoms with Gasteiger partial charge in [-0.1, -0.05) is 17.7 Å². The first-order valence-electron chi connectivity index (χ1n) is 6.56. The van der Waals surface area contributed by atoms with Gasteiger partial charge < -0.3 is 20.3 Å². The molecule has 1 rings (SSSR count).